The number of ether oxygens (including phenoxy) is 1. The van der Waals surface area contributed by atoms with Gasteiger partial charge in [0.2, 0.25) is 0 Å². The summed E-state index contributed by atoms with van der Waals surface area (Å²) in [7, 11) is 0. The molecule has 0 fully saturated rings. The lowest BCUT2D eigenvalue weighted by molar-refractivity contribution is -0.153. The van der Waals surface area contributed by atoms with E-state index >= 15 is 0 Å². The quantitative estimate of drug-likeness (QED) is 0.820. The van der Waals surface area contributed by atoms with Gasteiger partial charge in [-0.25, -0.2) is 0 Å². The summed E-state index contributed by atoms with van der Waals surface area (Å²) in [5.74, 6) is 0.908. The average molecular weight is 251 g/mol. The molecule has 0 radical (unpaired) electrons. The second kappa shape index (κ2) is 5.43. The maximum Gasteiger partial charge on any atom is 0.422 e. The Morgan fingerprint density at radius 2 is 2.12 bits per heavy atom. The van der Waals surface area contributed by atoms with E-state index < -0.39 is 12.8 Å². The van der Waals surface area contributed by atoms with E-state index in [1.54, 1.807) is 18.7 Å². The molecule has 0 aliphatic heterocycles. The zero-order valence-corrected chi connectivity index (χ0v) is 9.78. The molecule has 1 aromatic heterocycles. The molecular weight excluding hydrogens is 239 g/mol. The molecule has 0 unspecified atom stereocenters. The number of hydrogen-bond donors (Lipinski definition) is 0. The van der Waals surface area contributed by atoms with Gasteiger partial charge in [0.1, 0.15) is 5.75 Å². The fraction of sp³-hybridized carbons (Fsp3) is 0.500. The monoisotopic (exact) mass is 251 g/mol. The highest BCUT2D eigenvalue weighted by molar-refractivity contribution is 7.97. The van der Waals surface area contributed by atoms with Gasteiger partial charge in [0.15, 0.2) is 6.61 Å². The Kier molecular flexibility index (Phi) is 4.46. The van der Waals surface area contributed by atoms with E-state index in [-0.39, 0.29) is 5.75 Å². The summed E-state index contributed by atoms with van der Waals surface area (Å²) in [6.07, 6.45) is -0.940. The first-order valence-electron chi connectivity index (χ1n) is 4.57. The summed E-state index contributed by atoms with van der Waals surface area (Å²) in [5.41, 5.74) is 1.42. The van der Waals surface area contributed by atoms with Crippen LogP contribution in [0.4, 0.5) is 13.2 Å². The van der Waals surface area contributed by atoms with Crippen LogP contribution in [0, 0.1) is 6.92 Å². The Morgan fingerprint density at radius 3 is 2.69 bits per heavy atom. The van der Waals surface area contributed by atoms with Gasteiger partial charge in [-0.3, -0.25) is 4.98 Å². The highest BCUT2D eigenvalue weighted by Crippen LogP contribution is 2.24. The van der Waals surface area contributed by atoms with E-state index in [1.807, 2.05) is 6.26 Å². The minimum absolute atomic E-state index is 0.247. The molecule has 1 rings (SSSR count). The molecule has 0 amide bonds. The van der Waals surface area contributed by atoms with Gasteiger partial charge in [0, 0.05) is 17.5 Å². The lowest BCUT2D eigenvalue weighted by atomic mass is 10.2. The summed E-state index contributed by atoms with van der Waals surface area (Å²) in [6.45, 7) is 0.445. The lowest BCUT2D eigenvalue weighted by Gasteiger charge is -2.12. The predicted molar refractivity (Wildman–Crippen MR) is 57.7 cm³/mol. The first-order valence-corrected chi connectivity index (χ1v) is 5.96. The second-order valence-corrected chi connectivity index (χ2v) is 4.08. The van der Waals surface area contributed by atoms with Crippen LogP contribution < -0.4 is 4.74 Å². The number of alkyl halides is 3. The van der Waals surface area contributed by atoms with Gasteiger partial charge in [-0.2, -0.15) is 24.9 Å². The zero-order chi connectivity index (χ0) is 12.2. The molecule has 0 aromatic carbocycles. The number of aromatic nitrogens is 1. The van der Waals surface area contributed by atoms with Crippen LogP contribution in [0.2, 0.25) is 0 Å². The Hall–Kier alpha value is -0.910. The second-order valence-electron chi connectivity index (χ2n) is 3.22. The SMILES string of the molecule is CSCc1nccc(OCC(F)(F)F)c1C. The van der Waals surface area contributed by atoms with Crippen molar-refractivity contribution in [1.82, 2.24) is 4.98 Å². The number of hydrogen-bond acceptors (Lipinski definition) is 3. The largest absolute Gasteiger partial charge is 0.484 e. The summed E-state index contributed by atoms with van der Waals surface area (Å²) < 4.78 is 40.6. The van der Waals surface area contributed by atoms with E-state index in [1.165, 1.54) is 12.3 Å². The third kappa shape index (κ3) is 3.92. The maximum atomic E-state index is 12.0. The maximum absolute atomic E-state index is 12.0. The topological polar surface area (TPSA) is 22.1 Å². The van der Waals surface area contributed by atoms with Gasteiger partial charge < -0.3 is 4.74 Å². The van der Waals surface area contributed by atoms with Crippen LogP contribution in [0.1, 0.15) is 11.3 Å². The van der Waals surface area contributed by atoms with Crippen LogP contribution >= 0.6 is 11.8 Å². The summed E-state index contributed by atoms with van der Waals surface area (Å²) >= 11 is 1.56. The standard InChI is InChI=1S/C10H12F3NOS/c1-7-8(5-16-2)14-4-3-9(7)15-6-10(11,12)13/h3-4H,5-6H2,1-2H3. The minimum atomic E-state index is -4.31. The Balaban J connectivity index is 2.77. The number of nitrogens with zero attached hydrogens (tertiary/aromatic N) is 1. The number of pyridine rings is 1. The molecule has 0 saturated carbocycles. The van der Waals surface area contributed by atoms with Gasteiger partial charge in [0.25, 0.3) is 0 Å². The molecule has 0 spiro atoms. The summed E-state index contributed by atoms with van der Waals surface area (Å²) in [5, 5.41) is 0. The van der Waals surface area contributed by atoms with Gasteiger partial charge in [-0.1, -0.05) is 0 Å². The molecule has 0 bridgehead atoms. The van der Waals surface area contributed by atoms with Gasteiger partial charge in [-0.15, -0.1) is 0 Å². The molecule has 90 valence electrons. The van der Waals surface area contributed by atoms with Crippen LogP contribution in [0.3, 0.4) is 0 Å². The molecule has 0 aliphatic rings. The van der Waals surface area contributed by atoms with Crippen molar-refractivity contribution in [3.05, 3.63) is 23.5 Å². The minimum Gasteiger partial charge on any atom is -0.484 e. The Bertz CT molecular complexity index is 354. The first kappa shape index (κ1) is 13.2. The Labute approximate surface area is 96.2 Å². The first-order chi connectivity index (χ1) is 7.44. The van der Waals surface area contributed by atoms with E-state index in [0.717, 1.165) is 5.69 Å². The molecule has 6 heteroatoms. The van der Waals surface area contributed by atoms with Crippen molar-refractivity contribution in [3.8, 4) is 5.75 Å². The molecule has 1 aromatic rings. The molecule has 16 heavy (non-hydrogen) atoms. The average Bonchev–Trinajstić information content (AvgIpc) is 2.18. The van der Waals surface area contributed by atoms with E-state index in [4.69, 9.17) is 4.74 Å². The van der Waals surface area contributed by atoms with E-state index in [2.05, 4.69) is 4.98 Å². The van der Waals surface area contributed by atoms with Crippen molar-refractivity contribution >= 4 is 11.8 Å². The number of rotatable bonds is 4. The van der Waals surface area contributed by atoms with Crippen LogP contribution in [-0.2, 0) is 5.75 Å². The van der Waals surface area contributed by atoms with Crippen molar-refractivity contribution < 1.29 is 17.9 Å². The highest BCUT2D eigenvalue weighted by Gasteiger charge is 2.28. The van der Waals surface area contributed by atoms with Gasteiger partial charge in [0.05, 0.1) is 5.69 Å². The number of halogens is 3. The van der Waals surface area contributed by atoms with Gasteiger partial charge >= 0.3 is 6.18 Å². The van der Waals surface area contributed by atoms with Crippen LogP contribution in [0.5, 0.6) is 5.75 Å². The summed E-state index contributed by atoms with van der Waals surface area (Å²) in [4.78, 5) is 4.09. The smallest absolute Gasteiger partial charge is 0.422 e. The van der Waals surface area contributed by atoms with Crippen molar-refractivity contribution in [1.29, 1.82) is 0 Å². The highest BCUT2D eigenvalue weighted by atomic mass is 32.2. The van der Waals surface area contributed by atoms with Crippen molar-refractivity contribution in [2.45, 2.75) is 18.9 Å². The fourth-order valence-electron chi connectivity index (χ4n) is 1.16. The zero-order valence-electron chi connectivity index (χ0n) is 8.97. The molecule has 0 atom stereocenters. The fourth-order valence-corrected chi connectivity index (χ4v) is 1.72. The van der Waals surface area contributed by atoms with Crippen LogP contribution in [0.15, 0.2) is 12.3 Å². The number of thioether (sulfide) groups is 1. The van der Waals surface area contributed by atoms with Crippen LogP contribution in [-0.4, -0.2) is 24.0 Å². The molecule has 0 N–H and O–H groups in total. The third-order valence-corrected chi connectivity index (χ3v) is 2.49. The summed E-state index contributed by atoms with van der Waals surface area (Å²) in [6, 6.07) is 1.45. The predicted octanol–water partition coefficient (Wildman–Crippen LogP) is 3.19. The molecule has 0 aliphatic carbocycles. The normalized spacial score (nSPS) is 11.6. The van der Waals surface area contributed by atoms with E-state index in [9.17, 15) is 13.2 Å². The van der Waals surface area contributed by atoms with E-state index in [0.29, 0.717) is 11.3 Å². The molecule has 2 nitrogen and oxygen atoms in total. The van der Waals surface area contributed by atoms with Crippen LogP contribution in [0.25, 0.3) is 0 Å². The van der Waals surface area contributed by atoms with Gasteiger partial charge in [-0.05, 0) is 19.2 Å². The molecular formula is C10H12F3NOS. The van der Waals surface area contributed by atoms with Crippen molar-refractivity contribution in [3.63, 3.8) is 0 Å². The molecule has 1 heterocycles. The lowest BCUT2D eigenvalue weighted by Crippen LogP contribution is -2.19. The van der Waals surface area contributed by atoms with Crippen molar-refractivity contribution in [2.75, 3.05) is 12.9 Å². The van der Waals surface area contributed by atoms with Crippen molar-refractivity contribution in [2.24, 2.45) is 0 Å². The molecule has 0 saturated heterocycles. The third-order valence-electron chi connectivity index (χ3n) is 1.93. The Morgan fingerprint density at radius 1 is 1.44 bits per heavy atom.